The minimum absolute atomic E-state index is 0.0304. The van der Waals surface area contributed by atoms with Crippen LogP contribution in [0.1, 0.15) is 18.0 Å². The normalized spacial score (nSPS) is 11.9. The van der Waals surface area contributed by atoms with Crippen molar-refractivity contribution in [2.24, 2.45) is 5.84 Å². The van der Waals surface area contributed by atoms with E-state index >= 15 is 0 Å². The zero-order valence-corrected chi connectivity index (χ0v) is 10.0. The first-order valence-corrected chi connectivity index (χ1v) is 5.25. The van der Waals surface area contributed by atoms with E-state index in [-0.39, 0.29) is 6.04 Å². The van der Waals surface area contributed by atoms with Crippen LogP contribution in [0.25, 0.3) is 0 Å². The van der Waals surface area contributed by atoms with Gasteiger partial charge in [0, 0.05) is 6.42 Å². The first kappa shape index (κ1) is 12.1. The van der Waals surface area contributed by atoms with E-state index in [0.29, 0.717) is 6.42 Å². The molecule has 3 N–H and O–H groups in total. The molecule has 1 aromatic carbocycles. The van der Waals surface area contributed by atoms with E-state index in [2.05, 4.69) is 27.3 Å². The van der Waals surface area contributed by atoms with Gasteiger partial charge in [0.2, 0.25) is 0 Å². The van der Waals surface area contributed by atoms with E-state index in [1.807, 2.05) is 18.2 Å². The molecule has 0 bridgehead atoms. The summed E-state index contributed by atoms with van der Waals surface area (Å²) < 4.78 is 6.02. The van der Waals surface area contributed by atoms with Gasteiger partial charge in [-0.25, -0.2) is 0 Å². The monoisotopic (exact) mass is 268 g/mol. The molecule has 0 heterocycles. The van der Waals surface area contributed by atoms with Gasteiger partial charge in [-0.15, -0.1) is 12.3 Å². The molecular formula is C11H13BrN2O. The Hall–Kier alpha value is -1.02. The van der Waals surface area contributed by atoms with Crippen LogP contribution in [-0.2, 0) is 0 Å². The maximum atomic E-state index is 5.42. The highest BCUT2D eigenvalue weighted by Gasteiger charge is 2.10. The Morgan fingerprint density at radius 1 is 1.67 bits per heavy atom. The van der Waals surface area contributed by atoms with Crippen molar-refractivity contribution in [3.05, 3.63) is 28.2 Å². The van der Waals surface area contributed by atoms with Gasteiger partial charge in [-0.05, 0) is 33.6 Å². The molecule has 0 radical (unpaired) electrons. The molecule has 80 valence electrons. The maximum absolute atomic E-state index is 5.42. The number of benzene rings is 1. The number of nitrogens with two attached hydrogens (primary N) is 1. The predicted molar refractivity (Wildman–Crippen MR) is 64.2 cm³/mol. The number of hydrazine groups is 1. The predicted octanol–water partition coefficient (Wildman–Crippen LogP) is 1.99. The molecule has 0 aliphatic heterocycles. The highest BCUT2D eigenvalue weighted by Crippen LogP contribution is 2.28. The van der Waals surface area contributed by atoms with Crippen molar-refractivity contribution in [1.82, 2.24) is 5.43 Å². The topological polar surface area (TPSA) is 47.3 Å². The number of nitrogens with one attached hydrogen (secondary N) is 1. The number of halogens is 1. The molecule has 0 saturated carbocycles. The molecule has 3 nitrogen and oxygen atoms in total. The molecule has 0 saturated heterocycles. The summed E-state index contributed by atoms with van der Waals surface area (Å²) in [5.41, 5.74) is 3.71. The second kappa shape index (κ2) is 5.76. The fraction of sp³-hybridized carbons (Fsp3) is 0.273. The van der Waals surface area contributed by atoms with E-state index < -0.39 is 0 Å². The smallest absolute Gasteiger partial charge is 0.133 e. The van der Waals surface area contributed by atoms with Crippen LogP contribution in [0.5, 0.6) is 5.75 Å². The van der Waals surface area contributed by atoms with Crippen LogP contribution in [-0.4, -0.2) is 7.11 Å². The molecule has 0 aliphatic carbocycles. The molecule has 0 amide bonds. The third-order valence-electron chi connectivity index (χ3n) is 2.10. The van der Waals surface area contributed by atoms with Gasteiger partial charge in [0.15, 0.2) is 0 Å². The Balaban J connectivity index is 2.95. The van der Waals surface area contributed by atoms with Gasteiger partial charge in [0.1, 0.15) is 5.75 Å². The Kier molecular flexibility index (Phi) is 4.63. The Morgan fingerprint density at radius 2 is 2.40 bits per heavy atom. The lowest BCUT2D eigenvalue weighted by molar-refractivity contribution is 0.411. The summed E-state index contributed by atoms with van der Waals surface area (Å²) in [5.74, 6) is 8.78. The van der Waals surface area contributed by atoms with Gasteiger partial charge >= 0.3 is 0 Å². The van der Waals surface area contributed by atoms with Crippen LogP contribution in [0.2, 0.25) is 0 Å². The summed E-state index contributed by atoms with van der Waals surface area (Å²) in [4.78, 5) is 0. The van der Waals surface area contributed by atoms with Crippen LogP contribution in [0.15, 0.2) is 22.7 Å². The number of ether oxygens (including phenoxy) is 1. The van der Waals surface area contributed by atoms with Crippen LogP contribution in [0.4, 0.5) is 0 Å². The number of rotatable bonds is 4. The van der Waals surface area contributed by atoms with Crippen molar-refractivity contribution in [2.75, 3.05) is 7.11 Å². The van der Waals surface area contributed by atoms with E-state index in [9.17, 15) is 0 Å². The van der Waals surface area contributed by atoms with E-state index in [1.165, 1.54) is 0 Å². The third kappa shape index (κ3) is 2.96. The molecule has 1 rings (SSSR count). The van der Waals surface area contributed by atoms with Crippen LogP contribution < -0.4 is 16.0 Å². The number of hydrogen-bond acceptors (Lipinski definition) is 3. The average molecular weight is 269 g/mol. The summed E-state index contributed by atoms with van der Waals surface area (Å²) in [7, 11) is 1.62. The standard InChI is InChI=1S/C11H13BrN2O/c1-3-4-10(14-13)8-5-6-11(15-2)9(12)7-8/h1,5-7,10,14H,4,13H2,2H3. The lowest BCUT2D eigenvalue weighted by Gasteiger charge is -2.14. The lowest BCUT2D eigenvalue weighted by Crippen LogP contribution is -2.27. The average Bonchev–Trinajstić information content (AvgIpc) is 2.25. The van der Waals surface area contributed by atoms with Crippen molar-refractivity contribution in [3.63, 3.8) is 0 Å². The van der Waals surface area contributed by atoms with Gasteiger partial charge < -0.3 is 4.74 Å². The van der Waals surface area contributed by atoms with Gasteiger partial charge in [0.25, 0.3) is 0 Å². The fourth-order valence-corrected chi connectivity index (χ4v) is 1.85. The molecule has 1 unspecified atom stereocenters. The van der Waals surface area contributed by atoms with Gasteiger partial charge in [0.05, 0.1) is 17.6 Å². The molecule has 0 spiro atoms. The molecule has 15 heavy (non-hydrogen) atoms. The van der Waals surface area contributed by atoms with Crippen molar-refractivity contribution in [1.29, 1.82) is 0 Å². The van der Waals surface area contributed by atoms with E-state index in [4.69, 9.17) is 17.0 Å². The molecule has 1 aromatic rings. The summed E-state index contributed by atoms with van der Waals surface area (Å²) in [6.07, 6.45) is 5.81. The summed E-state index contributed by atoms with van der Waals surface area (Å²) in [6, 6.07) is 5.73. The fourth-order valence-electron chi connectivity index (χ4n) is 1.29. The highest BCUT2D eigenvalue weighted by molar-refractivity contribution is 9.10. The number of terminal acetylenes is 1. The molecule has 1 atom stereocenters. The summed E-state index contributed by atoms with van der Waals surface area (Å²) in [6.45, 7) is 0. The van der Waals surface area contributed by atoms with Gasteiger partial charge in [-0.1, -0.05) is 6.07 Å². The Labute approximate surface area is 98.1 Å². The summed E-state index contributed by atoms with van der Waals surface area (Å²) in [5, 5.41) is 0. The van der Waals surface area contributed by atoms with E-state index in [0.717, 1.165) is 15.8 Å². The zero-order valence-electron chi connectivity index (χ0n) is 8.46. The van der Waals surface area contributed by atoms with Crippen molar-refractivity contribution in [2.45, 2.75) is 12.5 Å². The zero-order chi connectivity index (χ0) is 11.3. The Morgan fingerprint density at radius 3 is 2.87 bits per heavy atom. The van der Waals surface area contributed by atoms with Crippen molar-refractivity contribution in [3.8, 4) is 18.1 Å². The molecule has 0 aliphatic rings. The van der Waals surface area contributed by atoms with Crippen molar-refractivity contribution >= 4 is 15.9 Å². The van der Waals surface area contributed by atoms with Crippen LogP contribution in [0.3, 0.4) is 0 Å². The van der Waals surface area contributed by atoms with Gasteiger partial charge in [-0.2, -0.15) is 0 Å². The second-order valence-corrected chi connectivity index (χ2v) is 3.88. The number of methoxy groups -OCH3 is 1. The second-order valence-electron chi connectivity index (χ2n) is 3.02. The van der Waals surface area contributed by atoms with Crippen LogP contribution >= 0.6 is 15.9 Å². The molecular weight excluding hydrogens is 256 g/mol. The summed E-state index contributed by atoms with van der Waals surface area (Å²) >= 11 is 3.41. The van der Waals surface area contributed by atoms with E-state index in [1.54, 1.807) is 7.11 Å². The van der Waals surface area contributed by atoms with Crippen LogP contribution in [0, 0.1) is 12.3 Å². The third-order valence-corrected chi connectivity index (χ3v) is 2.72. The SMILES string of the molecule is C#CCC(NN)c1ccc(OC)c(Br)c1. The first-order valence-electron chi connectivity index (χ1n) is 4.46. The minimum Gasteiger partial charge on any atom is -0.496 e. The molecule has 4 heteroatoms. The maximum Gasteiger partial charge on any atom is 0.133 e. The van der Waals surface area contributed by atoms with Gasteiger partial charge in [-0.3, -0.25) is 11.3 Å². The number of hydrogen-bond donors (Lipinski definition) is 2. The minimum atomic E-state index is -0.0304. The van der Waals surface area contributed by atoms with Crippen molar-refractivity contribution < 1.29 is 4.74 Å². The highest BCUT2D eigenvalue weighted by atomic mass is 79.9. The Bertz CT molecular complexity index is 373. The molecule has 0 fully saturated rings. The largest absolute Gasteiger partial charge is 0.496 e. The lowest BCUT2D eigenvalue weighted by atomic mass is 10.0. The quantitative estimate of drug-likeness (QED) is 0.499. The first-order chi connectivity index (χ1) is 7.22. The molecule has 0 aromatic heterocycles.